The molecule has 0 aliphatic carbocycles. The van der Waals surface area contributed by atoms with Crippen molar-refractivity contribution in [1.29, 1.82) is 0 Å². The summed E-state index contributed by atoms with van der Waals surface area (Å²) in [4.78, 5) is 4.10. The molecule has 2 aliphatic heterocycles. The van der Waals surface area contributed by atoms with Crippen molar-refractivity contribution in [2.75, 3.05) is 19.7 Å². The van der Waals surface area contributed by atoms with E-state index in [-0.39, 0.29) is 0 Å². The standard InChI is InChI=1S/C14H21NOS/c1-4-14(16-9-1)15-8-7-12(11-15)5-6-13-3-2-10-17-13/h2-3,10,12,14H,1,4-9,11H2. The van der Waals surface area contributed by atoms with Gasteiger partial charge in [-0.2, -0.15) is 0 Å². The van der Waals surface area contributed by atoms with Crippen LogP contribution in [-0.4, -0.2) is 30.8 Å². The summed E-state index contributed by atoms with van der Waals surface area (Å²) >= 11 is 1.89. The zero-order chi connectivity index (χ0) is 11.5. The first-order valence-electron chi connectivity index (χ1n) is 6.80. The van der Waals surface area contributed by atoms with E-state index in [0.717, 1.165) is 12.5 Å². The van der Waals surface area contributed by atoms with Gasteiger partial charge in [-0.3, -0.25) is 4.90 Å². The highest BCUT2D eigenvalue weighted by Gasteiger charge is 2.30. The second kappa shape index (κ2) is 5.51. The monoisotopic (exact) mass is 251 g/mol. The highest BCUT2D eigenvalue weighted by Crippen LogP contribution is 2.27. The van der Waals surface area contributed by atoms with Crippen LogP contribution in [0.1, 0.15) is 30.6 Å². The van der Waals surface area contributed by atoms with Crippen LogP contribution in [0.4, 0.5) is 0 Å². The molecular weight excluding hydrogens is 230 g/mol. The molecule has 94 valence electrons. The normalized spacial score (nSPS) is 30.1. The summed E-state index contributed by atoms with van der Waals surface area (Å²) in [7, 11) is 0. The number of likely N-dealkylation sites (tertiary alicyclic amines) is 1. The summed E-state index contributed by atoms with van der Waals surface area (Å²) in [6, 6.07) is 4.42. The second-order valence-electron chi connectivity index (χ2n) is 5.24. The Bertz CT molecular complexity index is 332. The first-order valence-corrected chi connectivity index (χ1v) is 7.68. The molecule has 0 aromatic carbocycles. The molecule has 0 amide bonds. The summed E-state index contributed by atoms with van der Waals surface area (Å²) in [5.41, 5.74) is 0. The molecule has 3 heterocycles. The summed E-state index contributed by atoms with van der Waals surface area (Å²) in [5.74, 6) is 0.890. The second-order valence-corrected chi connectivity index (χ2v) is 6.27. The third-order valence-electron chi connectivity index (χ3n) is 4.01. The van der Waals surface area contributed by atoms with E-state index in [4.69, 9.17) is 4.74 Å². The zero-order valence-corrected chi connectivity index (χ0v) is 11.1. The van der Waals surface area contributed by atoms with Gasteiger partial charge in [0.1, 0.15) is 6.23 Å². The van der Waals surface area contributed by atoms with Gasteiger partial charge >= 0.3 is 0 Å². The number of thiophene rings is 1. The van der Waals surface area contributed by atoms with E-state index in [0.29, 0.717) is 6.23 Å². The molecular formula is C14H21NOS. The summed E-state index contributed by atoms with van der Waals surface area (Å²) in [6.45, 7) is 3.48. The lowest BCUT2D eigenvalue weighted by Crippen LogP contribution is -2.32. The van der Waals surface area contributed by atoms with E-state index in [1.807, 2.05) is 11.3 Å². The van der Waals surface area contributed by atoms with Gasteiger partial charge < -0.3 is 4.74 Å². The van der Waals surface area contributed by atoms with E-state index in [2.05, 4.69) is 22.4 Å². The van der Waals surface area contributed by atoms with Crippen molar-refractivity contribution < 1.29 is 4.74 Å². The molecule has 2 nitrogen and oxygen atoms in total. The predicted molar refractivity (Wildman–Crippen MR) is 71.3 cm³/mol. The van der Waals surface area contributed by atoms with Crippen molar-refractivity contribution in [2.24, 2.45) is 5.92 Å². The minimum Gasteiger partial charge on any atom is -0.363 e. The maximum atomic E-state index is 5.76. The van der Waals surface area contributed by atoms with Gasteiger partial charge in [0.2, 0.25) is 0 Å². The van der Waals surface area contributed by atoms with Crippen LogP contribution in [0.5, 0.6) is 0 Å². The van der Waals surface area contributed by atoms with Gasteiger partial charge in [0.25, 0.3) is 0 Å². The van der Waals surface area contributed by atoms with Crippen LogP contribution in [0.3, 0.4) is 0 Å². The molecule has 2 saturated heterocycles. The molecule has 17 heavy (non-hydrogen) atoms. The average molecular weight is 251 g/mol. The molecule has 0 N–H and O–H groups in total. The van der Waals surface area contributed by atoms with E-state index >= 15 is 0 Å². The number of aryl methyl sites for hydroxylation is 1. The smallest absolute Gasteiger partial charge is 0.110 e. The van der Waals surface area contributed by atoms with Crippen molar-refractivity contribution in [1.82, 2.24) is 4.90 Å². The first kappa shape index (κ1) is 11.7. The Morgan fingerprint density at radius 1 is 1.41 bits per heavy atom. The Kier molecular flexibility index (Phi) is 3.79. The molecule has 0 radical (unpaired) electrons. The van der Waals surface area contributed by atoms with E-state index in [1.54, 1.807) is 4.88 Å². The zero-order valence-electron chi connectivity index (χ0n) is 10.3. The highest BCUT2D eigenvalue weighted by atomic mass is 32.1. The predicted octanol–water partition coefficient (Wildman–Crippen LogP) is 3.14. The number of ether oxygens (including phenoxy) is 1. The van der Waals surface area contributed by atoms with Crippen LogP contribution >= 0.6 is 11.3 Å². The molecule has 3 rings (SSSR count). The van der Waals surface area contributed by atoms with Crippen LogP contribution in [0.25, 0.3) is 0 Å². The Morgan fingerprint density at radius 3 is 3.18 bits per heavy atom. The Balaban J connectivity index is 1.44. The van der Waals surface area contributed by atoms with E-state index in [9.17, 15) is 0 Å². The lowest BCUT2D eigenvalue weighted by molar-refractivity contribution is -0.00834. The largest absolute Gasteiger partial charge is 0.363 e. The Hall–Kier alpha value is -0.380. The van der Waals surface area contributed by atoms with Gasteiger partial charge in [-0.15, -0.1) is 11.3 Å². The lowest BCUT2D eigenvalue weighted by atomic mass is 10.0. The van der Waals surface area contributed by atoms with Crippen LogP contribution < -0.4 is 0 Å². The molecule has 1 aromatic heterocycles. The fraction of sp³-hybridized carbons (Fsp3) is 0.714. The molecule has 0 spiro atoms. The SMILES string of the molecule is c1csc(CCC2CCN(C3CCCO3)C2)c1. The van der Waals surface area contributed by atoms with Crippen molar-refractivity contribution in [2.45, 2.75) is 38.3 Å². The molecule has 2 aliphatic rings. The lowest BCUT2D eigenvalue weighted by Gasteiger charge is -2.22. The average Bonchev–Trinajstić information content (AvgIpc) is 3.09. The van der Waals surface area contributed by atoms with Gasteiger partial charge in [-0.25, -0.2) is 0 Å². The Morgan fingerprint density at radius 2 is 2.41 bits per heavy atom. The molecule has 2 unspecified atom stereocenters. The van der Waals surface area contributed by atoms with Crippen LogP contribution in [-0.2, 0) is 11.2 Å². The van der Waals surface area contributed by atoms with Gasteiger partial charge in [0.15, 0.2) is 0 Å². The van der Waals surface area contributed by atoms with Crippen molar-refractivity contribution >= 4 is 11.3 Å². The van der Waals surface area contributed by atoms with Crippen LogP contribution in [0.2, 0.25) is 0 Å². The molecule has 2 fully saturated rings. The van der Waals surface area contributed by atoms with Crippen molar-refractivity contribution in [3.63, 3.8) is 0 Å². The maximum Gasteiger partial charge on any atom is 0.110 e. The molecule has 0 bridgehead atoms. The fourth-order valence-electron chi connectivity index (χ4n) is 3.01. The third-order valence-corrected chi connectivity index (χ3v) is 4.95. The highest BCUT2D eigenvalue weighted by molar-refractivity contribution is 7.09. The van der Waals surface area contributed by atoms with Crippen molar-refractivity contribution in [3.05, 3.63) is 22.4 Å². The van der Waals surface area contributed by atoms with Gasteiger partial charge in [0.05, 0.1) is 0 Å². The topological polar surface area (TPSA) is 12.5 Å². The van der Waals surface area contributed by atoms with Gasteiger partial charge in [0, 0.05) is 24.6 Å². The minimum atomic E-state index is 0.446. The van der Waals surface area contributed by atoms with Crippen LogP contribution in [0, 0.1) is 5.92 Å². The summed E-state index contributed by atoms with van der Waals surface area (Å²) in [5, 5.41) is 2.18. The molecule has 1 aromatic rings. The van der Waals surface area contributed by atoms with E-state index in [1.165, 1.54) is 45.2 Å². The van der Waals surface area contributed by atoms with Gasteiger partial charge in [-0.1, -0.05) is 6.07 Å². The molecule has 3 heteroatoms. The fourth-order valence-corrected chi connectivity index (χ4v) is 3.73. The number of hydrogen-bond donors (Lipinski definition) is 0. The quantitative estimate of drug-likeness (QED) is 0.815. The summed E-state index contributed by atoms with van der Waals surface area (Å²) < 4.78 is 5.76. The van der Waals surface area contributed by atoms with Crippen molar-refractivity contribution in [3.8, 4) is 0 Å². The van der Waals surface area contributed by atoms with Crippen LogP contribution in [0.15, 0.2) is 17.5 Å². The Labute approximate surface area is 108 Å². The molecule has 0 saturated carbocycles. The maximum absolute atomic E-state index is 5.76. The molecule has 2 atom stereocenters. The third kappa shape index (κ3) is 2.90. The number of nitrogens with zero attached hydrogens (tertiary/aromatic N) is 1. The number of hydrogen-bond acceptors (Lipinski definition) is 3. The van der Waals surface area contributed by atoms with E-state index < -0.39 is 0 Å². The number of rotatable bonds is 4. The minimum absolute atomic E-state index is 0.446. The van der Waals surface area contributed by atoms with Gasteiger partial charge in [-0.05, 0) is 49.5 Å². The first-order chi connectivity index (χ1) is 8.42. The summed E-state index contributed by atoms with van der Waals surface area (Å²) in [6.07, 6.45) is 6.93.